The van der Waals surface area contributed by atoms with E-state index in [-0.39, 0.29) is 0 Å². The Morgan fingerprint density at radius 3 is 2.14 bits per heavy atom. The number of hydrogen-bond acceptors (Lipinski definition) is 6. The Hall–Kier alpha value is -0.0500. The van der Waals surface area contributed by atoms with E-state index in [0.29, 0.717) is 0 Å². The van der Waals surface area contributed by atoms with E-state index < -0.39 is 39.0 Å². The minimum Gasteiger partial charge on any atom is -0.387 e. The average Bonchev–Trinajstić information content (AvgIpc) is 2.28. The van der Waals surface area contributed by atoms with E-state index >= 15 is 0 Å². The number of rotatable bonds is 3. The Morgan fingerprint density at radius 1 is 1.21 bits per heavy atom. The summed E-state index contributed by atoms with van der Waals surface area (Å²) in [7, 11) is -4.64. The molecule has 4 atom stereocenters. The normalized spacial score (nSPS) is 38.9. The van der Waals surface area contributed by atoms with E-state index in [2.05, 4.69) is 9.26 Å². The molecule has 0 aliphatic carbocycles. The van der Waals surface area contributed by atoms with Crippen molar-refractivity contribution in [3.63, 3.8) is 0 Å². The molecular weight excluding hydrogens is 224 g/mol. The van der Waals surface area contributed by atoms with E-state index in [9.17, 15) is 4.57 Å². The van der Waals surface area contributed by atoms with Gasteiger partial charge in [0.05, 0.1) is 6.61 Å². The fourth-order valence-electron chi connectivity index (χ4n) is 1.04. The lowest BCUT2D eigenvalue weighted by Gasteiger charge is -2.14. The van der Waals surface area contributed by atoms with E-state index in [1.54, 1.807) is 0 Å². The molecule has 84 valence electrons. The van der Waals surface area contributed by atoms with Crippen molar-refractivity contribution in [3.8, 4) is 0 Å². The number of ether oxygens (including phenoxy) is 1. The molecule has 0 aromatic carbocycles. The minimum absolute atomic E-state index is 0.612. The Balaban J connectivity index is 2.44. The number of aliphatic hydroxyl groups excluding tert-OH is 3. The molecule has 0 saturated carbocycles. The largest absolute Gasteiger partial charge is 0.469 e. The highest BCUT2D eigenvalue weighted by atomic mass is 31.2. The van der Waals surface area contributed by atoms with Gasteiger partial charge in [-0.1, -0.05) is 0 Å². The van der Waals surface area contributed by atoms with Crippen molar-refractivity contribution in [2.45, 2.75) is 24.6 Å². The molecule has 0 radical (unpaired) electrons. The molecule has 9 heteroatoms. The lowest BCUT2D eigenvalue weighted by atomic mass is 11.1. The minimum atomic E-state index is -4.64. The summed E-state index contributed by atoms with van der Waals surface area (Å²) in [6.45, 7) is -0.612. The zero-order valence-corrected chi connectivity index (χ0v) is 7.82. The monoisotopic (exact) mass is 235 g/mol. The fourth-order valence-corrected chi connectivity index (χ4v) is 1.38. The first-order valence-corrected chi connectivity index (χ1v) is 5.24. The van der Waals surface area contributed by atoms with Crippen LogP contribution in [0.5, 0.6) is 0 Å². The summed E-state index contributed by atoms with van der Waals surface area (Å²) in [5.41, 5.74) is 0. The predicted octanol–water partition coefficient (Wildman–Crippen LogP) is -2.47. The summed E-state index contributed by atoms with van der Waals surface area (Å²) in [4.78, 5) is 16.6. The lowest BCUT2D eigenvalue weighted by Crippen LogP contribution is -2.34. The van der Waals surface area contributed by atoms with Crippen LogP contribution in [0.2, 0.25) is 0 Å². The maximum atomic E-state index is 10.3. The van der Waals surface area contributed by atoms with Crippen molar-refractivity contribution in [1.29, 1.82) is 0 Å². The third kappa shape index (κ3) is 2.97. The van der Waals surface area contributed by atoms with Crippen LogP contribution in [0.4, 0.5) is 0 Å². The molecule has 1 unspecified atom stereocenters. The Morgan fingerprint density at radius 2 is 1.79 bits per heavy atom. The fraction of sp³-hybridized carbons (Fsp3) is 1.00. The van der Waals surface area contributed by atoms with Crippen molar-refractivity contribution < 1.29 is 38.9 Å². The molecule has 1 aliphatic rings. The zero-order chi connectivity index (χ0) is 10.9. The first-order chi connectivity index (χ1) is 6.31. The molecule has 0 spiro atoms. The molecule has 0 aromatic rings. The van der Waals surface area contributed by atoms with Gasteiger partial charge in [0.1, 0.15) is 18.3 Å². The molecule has 0 aromatic heterocycles. The molecule has 14 heavy (non-hydrogen) atoms. The van der Waals surface area contributed by atoms with E-state index in [0.717, 1.165) is 0 Å². The maximum absolute atomic E-state index is 10.3. The SMILES string of the molecule is O=P(O)(O)O[13CH2][13C@H]1O[13CH](O)[13C@H](O)[13C@@H]1O. The number of hydrogen-bond donors (Lipinski definition) is 5. The smallest absolute Gasteiger partial charge is 0.387 e. The quantitative estimate of drug-likeness (QED) is 0.268. The van der Waals surface area contributed by atoms with Crippen molar-refractivity contribution in [3.05, 3.63) is 0 Å². The van der Waals surface area contributed by atoms with E-state index in [1.807, 2.05) is 0 Å². The molecular formula is C5H11O8P. The third-order valence-electron chi connectivity index (χ3n) is 1.74. The summed E-state index contributed by atoms with van der Waals surface area (Å²) < 4.78 is 18.9. The van der Waals surface area contributed by atoms with Gasteiger partial charge in [-0.25, -0.2) is 4.57 Å². The first-order valence-electron chi connectivity index (χ1n) is 3.71. The second-order valence-electron chi connectivity index (χ2n) is 2.83. The van der Waals surface area contributed by atoms with Gasteiger partial charge in [-0.15, -0.1) is 0 Å². The van der Waals surface area contributed by atoms with E-state index in [4.69, 9.17) is 25.1 Å². The van der Waals surface area contributed by atoms with Gasteiger partial charge < -0.3 is 29.8 Å². The summed E-state index contributed by atoms with van der Waals surface area (Å²) in [5.74, 6) is 0. The third-order valence-corrected chi connectivity index (χ3v) is 2.23. The Bertz CT molecular complexity index is 238. The molecule has 0 bridgehead atoms. The molecule has 8 nitrogen and oxygen atoms in total. The maximum Gasteiger partial charge on any atom is 0.469 e. The van der Waals surface area contributed by atoms with Crippen LogP contribution in [-0.4, -0.2) is 56.3 Å². The summed E-state index contributed by atoms with van der Waals surface area (Å²) >= 11 is 0. The molecule has 1 heterocycles. The highest BCUT2D eigenvalue weighted by Gasteiger charge is 2.42. The van der Waals surface area contributed by atoms with Crippen LogP contribution >= 0.6 is 7.82 Å². The van der Waals surface area contributed by atoms with Crippen LogP contribution in [-0.2, 0) is 13.8 Å². The average molecular weight is 235 g/mol. The predicted molar refractivity (Wildman–Crippen MR) is 40.9 cm³/mol. The number of phosphoric acid groups is 1. The second-order valence-corrected chi connectivity index (χ2v) is 4.07. The first kappa shape index (κ1) is 12.0. The van der Waals surface area contributed by atoms with Gasteiger partial charge in [-0.05, 0) is 0 Å². The summed E-state index contributed by atoms with van der Waals surface area (Å²) in [5, 5.41) is 27.0. The van der Waals surface area contributed by atoms with Crippen LogP contribution in [0, 0.1) is 0 Å². The summed E-state index contributed by atoms with van der Waals surface area (Å²) in [6, 6.07) is 0. The van der Waals surface area contributed by atoms with Gasteiger partial charge in [0, 0.05) is 0 Å². The van der Waals surface area contributed by atoms with Crippen molar-refractivity contribution >= 4 is 7.82 Å². The highest BCUT2D eigenvalue weighted by molar-refractivity contribution is 7.46. The van der Waals surface area contributed by atoms with Gasteiger partial charge in [-0.2, -0.15) is 0 Å². The van der Waals surface area contributed by atoms with Crippen molar-refractivity contribution in [2.24, 2.45) is 0 Å². The van der Waals surface area contributed by atoms with Gasteiger partial charge in [0.2, 0.25) is 0 Å². The topological polar surface area (TPSA) is 137 Å². The molecule has 1 saturated heterocycles. The lowest BCUT2D eigenvalue weighted by molar-refractivity contribution is -0.132. The van der Waals surface area contributed by atoms with Crippen LogP contribution in [0.25, 0.3) is 0 Å². The Kier molecular flexibility index (Phi) is 3.62. The summed E-state index contributed by atoms with van der Waals surface area (Å²) in [6.07, 6.45) is -5.67. The van der Waals surface area contributed by atoms with Crippen LogP contribution in [0.3, 0.4) is 0 Å². The number of phosphoric ester groups is 1. The van der Waals surface area contributed by atoms with Gasteiger partial charge >= 0.3 is 7.82 Å². The van der Waals surface area contributed by atoms with E-state index in [1.165, 1.54) is 0 Å². The zero-order valence-electron chi connectivity index (χ0n) is 6.92. The molecule has 1 rings (SSSR count). The number of aliphatic hydroxyl groups is 3. The molecule has 1 fully saturated rings. The van der Waals surface area contributed by atoms with Crippen LogP contribution < -0.4 is 0 Å². The van der Waals surface area contributed by atoms with Gasteiger partial charge in [0.25, 0.3) is 0 Å². The second kappa shape index (κ2) is 4.21. The van der Waals surface area contributed by atoms with Crippen LogP contribution in [0.15, 0.2) is 0 Å². The van der Waals surface area contributed by atoms with Gasteiger partial charge in [-0.3, -0.25) is 4.52 Å². The molecule has 5 N–H and O–H groups in total. The Labute approximate surface area is 78.9 Å². The molecule has 1 aliphatic heterocycles. The van der Waals surface area contributed by atoms with Crippen molar-refractivity contribution in [2.75, 3.05) is 6.61 Å². The van der Waals surface area contributed by atoms with Crippen LogP contribution in [0.1, 0.15) is 0 Å². The van der Waals surface area contributed by atoms with Crippen molar-refractivity contribution in [1.82, 2.24) is 0 Å². The highest BCUT2D eigenvalue weighted by Crippen LogP contribution is 2.36. The standard InChI is InChI=1S/C5H11O8P/c6-3-2(1-12-14(9,10)11)13-5(8)4(3)7/h2-8H,1H2,(H2,9,10,11)/t2-,3-,4-,5?/m1/s1/i1+1,2+1,3+1,4+1,5+1. The molecule has 0 amide bonds. The van der Waals surface area contributed by atoms with Gasteiger partial charge in [0.15, 0.2) is 6.29 Å².